The molecule has 0 heterocycles. The Labute approximate surface area is 137 Å². The Morgan fingerprint density at radius 1 is 0.950 bits per heavy atom. The highest BCUT2D eigenvalue weighted by atomic mass is 79.9. The summed E-state index contributed by atoms with van der Waals surface area (Å²) >= 11 is 15.9. The van der Waals surface area contributed by atoms with Gasteiger partial charge in [-0.3, -0.25) is 19.2 Å². The molecule has 0 saturated carbocycles. The fourth-order valence-electron chi connectivity index (χ4n) is 1.24. The molecule has 20 heavy (non-hydrogen) atoms. The summed E-state index contributed by atoms with van der Waals surface area (Å²) in [5.41, 5.74) is 0. The molecule has 0 aromatic rings. The molecule has 0 radical (unpaired) electrons. The number of hydrogen-bond acceptors (Lipinski definition) is 4. The van der Waals surface area contributed by atoms with Crippen LogP contribution in [0.1, 0.15) is 0 Å². The number of alkyl halides is 4. The number of aliphatic carboxylic acids is 4. The predicted octanol–water partition coefficient (Wildman–Crippen LogP) is 0.807. The third-order valence-electron chi connectivity index (χ3n) is 2.28. The molecule has 0 aromatic carbocycles. The minimum Gasteiger partial charge on any atom is -0.480 e. The van der Waals surface area contributed by atoms with Crippen LogP contribution in [0.4, 0.5) is 0 Å². The summed E-state index contributed by atoms with van der Waals surface area (Å²) in [4.78, 5) is 39.1. The molecule has 0 aliphatic carbocycles. The lowest BCUT2D eigenvalue weighted by Crippen LogP contribution is -2.67. The lowest BCUT2D eigenvalue weighted by Gasteiger charge is -2.39. The van der Waals surface area contributed by atoms with Gasteiger partial charge in [-0.15, -0.1) is 23.2 Å². The Morgan fingerprint density at radius 2 is 1.35 bits per heavy atom. The molecule has 114 valence electrons. The summed E-state index contributed by atoms with van der Waals surface area (Å²) in [7, 11) is 0. The molecule has 0 rings (SSSR count). The van der Waals surface area contributed by atoms with E-state index in [4.69, 9.17) is 43.6 Å². The average molecular weight is 461 g/mol. The maximum absolute atomic E-state index is 11.3. The van der Waals surface area contributed by atoms with E-state index in [1.807, 2.05) is 0 Å². The summed E-state index contributed by atoms with van der Waals surface area (Å²) in [6, 6.07) is 0. The summed E-state index contributed by atoms with van der Waals surface area (Å²) in [5.74, 6) is -7.86. The highest BCUT2D eigenvalue weighted by Gasteiger charge is 2.70. The van der Waals surface area contributed by atoms with Crippen LogP contribution in [-0.2, 0) is 19.2 Å². The number of carbonyl (C=O) groups is 4. The van der Waals surface area contributed by atoms with Gasteiger partial charge in [-0.05, 0) is 0 Å². The monoisotopic (exact) mass is 458 g/mol. The van der Waals surface area contributed by atoms with Crippen LogP contribution in [0.15, 0.2) is 0 Å². The average Bonchev–Trinajstić information content (AvgIpc) is 2.33. The van der Waals surface area contributed by atoms with Gasteiger partial charge in [0.1, 0.15) is 4.83 Å². The van der Waals surface area contributed by atoms with Gasteiger partial charge in [0.2, 0.25) is 0 Å². The van der Waals surface area contributed by atoms with E-state index in [9.17, 15) is 19.2 Å². The second kappa shape index (κ2) is 6.46. The van der Waals surface area contributed by atoms with Crippen molar-refractivity contribution in [3.05, 3.63) is 0 Å². The fraction of sp³-hybridized carbons (Fsp3) is 0.500. The van der Waals surface area contributed by atoms with Crippen LogP contribution in [0.3, 0.4) is 0 Å². The molecule has 0 aromatic heterocycles. The van der Waals surface area contributed by atoms with Crippen LogP contribution < -0.4 is 0 Å². The smallest absolute Gasteiger partial charge is 0.329 e. The van der Waals surface area contributed by atoms with Gasteiger partial charge in [0.25, 0.3) is 0 Å². The standard InChI is InChI=1S/C8H6Br2Cl2O8/c9-1(3(13)14)7(10,5(17)18)8(12,6(19)20)2(11)4(15)16/h1-2H,(H,13,14)(H,15,16)(H,17,18)(H,19,20). The molecule has 8 nitrogen and oxygen atoms in total. The Hall–Kier alpha value is -0.580. The quantitative estimate of drug-likeness (QED) is 0.408. The zero-order valence-corrected chi connectivity index (χ0v) is 13.8. The number of carboxylic acids is 4. The SMILES string of the molecule is O=C(O)C(Cl)C(Cl)(C(=O)O)C(Br)(C(=O)O)C(Br)C(=O)O. The van der Waals surface area contributed by atoms with Crippen LogP contribution in [0, 0.1) is 0 Å². The van der Waals surface area contributed by atoms with E-state index in [-0.39, 0.29) is 0 Å². The van der Waals surface area contributed by atoms with Crippen LogP contribution >= 0.6 is 55.1 Å². The van der Waals surface area contributed by atoms with Crippen molar-refractivity contribution >= 4 is 78.9 Å². The summed E-state index contributed by atoms with van der Waals surface area (Å²) in [6.45, 7) is 0. The van der Waals surface area contributed by atoms with Gasteiger partial charge in [0.05, 0.1) is 0 Å². The van der Waals surface area contributed by atoms with Crippen molar-refractivity contribution in [2.45, 2.75) is 19.4 Å². The highest BCUT2D eigenvalue weighted by molar-refractivity contribution is 9.13. The van der Waals surface area contributed by atoms with Gasteiger partial charge in [-0.25, -0.2) is 0 Å². The number of halogens is 4. The van der Waals surface area contributed by atoms with Crippen molar-refractivity contribution in [1.29, 1.82) is 0 Å². The normalized spacial score (nSPS) is 20.0. The summed E-state index contributed by atoms with van der Waals surface area (Å²) in [5, 5.41) is 33.4. The minimum absolute atomic E-state index is 1.79. The van der Waals surface area contributed by atoms with Crippen LogP contribution in [-0.4, -0.2) is 63.7 Å². The molecule has 4 atom stereocenters. The van der Waals surface area contributed by atoms with E-state index in [1.54, 1.807) is 0 Å². The molecular formula is C8H6Br2Cl2O8. The third-order valence-corrected chi connectivity index (χ3v) is 6.93. The van der Waals surface area contributed by atoms with Crippen molar-refractivity contribution < 1.29 is 39.6 Å². The van der Waals surface area contributed by atoms with Crippen molar-refractivity contribution in [2.24, 2.45) is 0 Å². The predicted molar refractivity (Wildman–Crippen MR) is 73.1 cm³/mol. The van der Waals surface area contributed by atoms with Crippen LogP contribution in [0.25, 0.3) is 0 Å². The molecule has 0 aliphatic rings. The van der Waals surface area contributed by atoms with Gasteiger partial charge in [-0.2, -0.15) is 0 Å². The molecule has 4 unspecified atom stereocenters. The second-order valence-electron chi connectivity index (χ2n) is 3.44. The fourth-order valence-corrected chi connectivity index (χ4v) is 3.20. The Bertz CT molecular complexity index is 429. The largest absolute Gasteiger partial charge is 0.480 e. The van der Waals surface area contributed by atoms with E-state index in [0.717, 1.165) is 0 Å². The summed E-state index contributed by atoms with van der Waals surface area (Å²) < 4.78 is -2.94. The number of carboxylic acid groups (broad SMARTS) is 4. The van der Waals surface area contributed by atoms with Crippen molar-refractivity contribution in [3.8, 4) is 0 Å². The first-order valence-corrected chi connectivity index (χ1v) is 6.95. The first-order valence-electron chi connectivity index (χ1n) is 4.43. The van der Waals surface area contributed by atoms with Gasteiger partial charge in [-0.1, -0.05) is 31.9 Å². The zero-order valence-electron chi connectivity index (χ0n) is 9.09. The van der Waals surface area contributed by atoms with E-state index in [1.165, 1.54) is 0 Å². The molecule has 0 amide bonds. The Balaban J connectivity index is 6.36. The first-order chi connectivity index (χ1) is 8.84. The van der Waals surface area contributed by atoms with Crippen LogP contribution in [0.5, 0.6) is 0 Å². The van der Waals surface area contributed by atoms with Gasteiger partial charge in [0.15, 0.2) is 14.6 Å². The Morgan fingerprint density at radius 3 is 1.55 bits per heavy atom. The van der Waals surface area contributed by atoms with Crippen molar-refractivity contribution in [2.75, 3.05) is 0 Å². The summed E-state index contributed by atoms with van der Waals surface area (Å²) in [6.07, 6.45) is 0. The first kappa shape index (κ1) is 19.4. The highest BCUT2D eigenvalue weighted by Crippen LogP contribution is 2.47. The third kappa shape index (κ3) is 2.87. The van der Waals surface area contributed by atoms with Crippen LogP contribution in [0.2, 0.25) is 0 Å². The molecule has 0 saturated heterocycles. The van der Waals surface area contributed by atoms with Gasteiger partial charge in [0, 0.05) is 0 Å². The van der Waals surface area contributed by atoms with E-state index in [0.29, 0.717) is 0 Å². The molecule has 0 aliphatic heterocycles. The minimum atomic E-state index is -3.20. The lowest BCUT2D eigenvalue weighted by atomic mass is 9.85. The Kier molecular flexibility index (Phi) is 6.27. The second-order valence-corrected chi connectivity index (χ2v) is 6.63. The molecule has 0 fully saturated rings. The van der Waals surface area contributed by atoms with E-state index in [2.05, 4.69) is 31.9 Å². The van der Waals surface area contributed by atoms with Crippen molar-refractivity contribution in [3.63, 3.8) is 0 Å². The molecule has 0 spiro atoms. The number of rotatable bonds is 7. The molecule has 4 N–H and O–H groups in total. The van der Waals surface area contributed by atoms with E-state index < -0.39 is 43.3 Å². The maximum atomic E-state index is 11.3. The van der Waals surface area contributed by atoms with E-state index >= 15 is 0 Å². The molecule has 0 bridgehead atoms. The number of hydrogen-bond donors (Lipinski definition) is 4. The lowest BCUT2D eigenvalue weighted by molar-refractivity contribution is -0.154. The zero-order chi connectivity index (χ0) is 16.5. The van der Waals surface area contributed by atoms with Gasteiger partial charge >= 0.3 is 23.9 Å². The molecule has 12 heteroatoms. The molecular weight excluding hydrogens is 455 g/mol. The van der Waals surface area contributed by atoms with Crippen molar-refractivity contribution in [1.82, 2.24) is 0 Å². The topological polar surface area (TPSA) is 149 Å². The maximum Gasteiger partial charge on any atom is 0.329 e. The van der Waals surface area contributed by atoms with Gasteiger partial charge < -0.3 is 20.4 Å².